The summed E-state index contributed by atoms with van der Waals surface area (Å²) < 4.78 is 11.5. The topological polar surface area (TPSA) is 50.8 Å². The van der Waals surface area contributed by atoms with Gasteiger partial charge in [-0.15, -0.1) is 0 Å². The number of amides is 1. The lowest BCUT2D eigenvalue weighted by molar-refractivity contribution is 0.0674. The van der Waals surface area contributed by atoms with Gasteiger partial charge in [-0.2, -0.15) is 0 Å². The smallest absolute Gasteiger partial charge is 0.254 e. The lowest BCUT2D eigenvalue weighted by atomic mass is 9.97. The van der Waals surface area contributed by atoms with Crippen molar-refractivity contribution in [3.8, 4) is 11.5 Å². The summed E-state index contributed by atoms with van der Waals surface area (Å²) in [5.41, 5.74) is 0.649. The van der Waals surface area contributed by atoms with Crippen molar-refractivity contribution in [3.05, 3.63) is 22.2 Å². The zero-order valence-corrected chi connectivity index (χ0v) is 13.6. The summed E-state index contributed by atoms with van der Waals surface area (Å²) in [5.74, 6) is 1.91. The van der Waals surface area contributed by atoms with Crippen molar-refractivity contribution < 1.29 is 14.3 Å². The molecule has 1 aromatic rings. The van der Waals surface area contributed by atoms with Crippen LogP contribution in [0.3, 0.4) is 0 Å². The van der Waals surface area contributed by atoms with Gasteiger partial charge >= 0.3 is 0 Å². The third kappa shape index (κ3) is 3.01. The molecule has 2 aliphatic heterocycles. The van der Waals surface area contributed by atoms with Gasteiger partial charge in [-0.1, -0.05) is 0 Å². The Morgan fingerprint density at radius 1 is 1.48 bits per heavy atom. The Labute approximate surface area is 132 Å². The molecule has 1 N–H and O–H groups in total. The number of nitrogens with zero attached hydrogens (tertiary/aromatic N) is 1. The van der Waals surface area contributed by atoms with Gasteiger partial charge in [0.1, 0.15) is 0 Å². The Hall–Kier alpha value is -1.27. The fraction of sp³-hybridized carbons (Fsp3) is 0.533. The van der Waals surface area contributed by atoms with E-state index in [0.29, 0.717) is 23.0 Å². The minimum atomic E-state index is 0.0646. The van der Waals surface area contributed by atoms with Crippen LogP contribution < -0.4 is 14.8 Å². The molecule has 1 fully saturated rings. The van der Waals surface area contributed by atoms with E-state index < -0.39 is 0 Å². The third-order valence-electron chi connectivity index (χ3n) is 3.97. The molecule has 0 spiro atoms. The molecule has 21 heavy (non-hydrogen) atoms. The summed E-state index contributed by atoms with van der Waals surface area (Å²) in [4.78, 5) is 14.6. The van der Waals surface area contributed by atoms with Crippen LogP contribution in [0.5, 0.6) is 11.5 Å². The molecule has 1 aromatic carbocycles. The lowest BCUT2D eigenvalue weighted by Gasteiger charge is -2.32. The first-order valence-corrected chi connectivity index (χ1v) is 8.01. The molecule has 0 aromatic heterocycles. The van der Waals surface area contributed by atoms with Crippen molar-refractivity contribution in [2.75, 3.05) is 33.5 Å². The first-order chi connectivity index (χ1) is 10.2. The Morgan fingerprint density at radius 3 is 3.14 bits per heavy atom. The number of carbonyl (C=O) groups excluding carboxylic acids is 1. The number of halogens is 1. The fourth-order valence-electron chi connectivity index (χ4n) is 2.98. The number of hydrogen-bond acceptors (Lipinski definition) is 4. The predicted molar refractivity (Wildman–Crippen MR) is 82.8 cm³/mol. The van der Waals surface area contributed by atoms with Gasteiger partial charge in [0.25, 0.3) is 5.91 Å². The van der Waals surface area contributed by atoms with Crippen molar-refractivity contribution in [2.24, 2.45) is 5.92 Å². The Morgan fingerprint density at radius 2 is 2.33 bits per heavy atom. The van der Waals surface area contributed by atoms with Crippen molar-refractivity contribution in [1.82, 2.24) is 10.2 Å². The van der Waals surface area contributed by atoms with Crippen LogP contribution in [0.15, 0.2) is 16.6 Å². The molecular weight excluding hydrogens is 336 g/mol. The van der Waals surface area contributed by atoms with Gasteiger partial charge in [0.05, 0.1) is 4.47 Å². The van der Waals surface area contributed by atoms with Crippen molar-refractivity contribution in [1.29, 1.82) is 0 Å². The van der Waals surface area contributed by atoms with E-state index in [1.165, 1.54) is 6.42 Å². The number of fused-ring (bicyclic) bond motifs is 1. The molecule has 6 heteroatoms. The van der Waals surface area contributed by atoms with E-state index >= 15 is 0 Å². The molecule has 1 saturated heterocycles. The number of likely N-dealkylation sites (tertiary alicyclic amines) is 1. The maximum atomic E-state index is 12.7. The molecule has 0 aliphatic carbocycles. The number of rotatable bonds is 3. The molecule has 1 atom stereocenters. The van der Waals surface area contributed by atoms with Crippen LogP contribution in [0.4, 0.5) is 0 Å². The first kappa shape index (κ1) is 14.7. The van der Waals surface area contributed by atoms with Crippen molar-refractivity contribution in [3.63, 3.8) is 0 Å². The highest BCUT2D eigenvalue weighted by Gasteiger charge is 2.26. The average molecular weight is 355 g/mol. The van der Waals surface area contributed by atoms with E-state index in [1.807, 2.05) is 18.0 Å². The van der Waals surface area contributed by atoms with Crippen LogP contribution in [0.25, 0.3) is 0 Å². The van der Waals surface area contributed by atoms with Crippen LogP contribution in [-0.2, 0) is 0 Å². The van der Waals surface area contributed by atoms with Gasteiger partial charge in [-0.05, 0) is 60.4 Å². The van der Waals surface area contributed by atoms with Crippen LogP contribution in [0.2, 0.25) is 0 Å². The van der Waals surface area contributed by atoms with E-state index in [2.05, 4.69) is 21.2 Å². The van der Waals surface area contributed by atoms with Crippen LogP contribution >= 0.6 is 15.9 Å². The molecule has 3 rings (SSSR count). The third-order valence-corrected chi connectivity index (χ3v) is 4.56. The molecular formula is C15H19BrN2O3. The number of benzene rings is 1. The van der Waals surface area contributed by atoms with Crippen LogP contribution in [0.1, 0.15) is 23.2 Å². The lowest BCUT2D eigenvalue weighted by Crippen LogP contribution is -2.42. The molecule has 2 aliphatic rings. The Bertz CT molecular complexity index is 548. The number of hydrogen-bond donors (Lipinski definition) is 1. The molecule has 1 amide bonds. The fourth-order valence-corrected chi connectivity index (χ4v) is 3.53. The molecule has 5 nitrogen and oxygen atoms in total. The van der Waals surface area contributed by atoms with Crippen molar-refractivity contribution >= 4 is 21.8 Å². The highest BCUT2D eigenvalue weighted by Crippen LogP contribution is 2.40. The van der Waals surface area contributed by atoms with Gasteiger partial charge in [0, 0.05) is 18.7 Å². The summed E-state index contributed by atoms with van der Waals surface area (Å²) in [6, 6.07) is 3.59. The highest BCUT2D eigenvalue weighted by atomic mass is 79.9. The van der Waals surface area contributed by atoms with E-state index in [4.69, 9.17) is 9.47 Å². The summed E-state index contributed by atoms with van der Waals surface area (Å²) >= 11 is 3.44. The monoisotopic (exact) mass is 354 g/mol. The number of piperidine rings is 1. The van der Waals surface area contributed by atoms with E-state index in [9.17, 15) is 4.79 Å². The van der Waals surface area contributed by atoms with Gasteiger partial charge in [-0.3, -0.25) is 4.79 Å². The minimum Gasteiger partial charge on any atom is -0.454 e. The second kappa shape index (κ2) is 6.23. The van der Waals surface area contributed by atoms with E-state index in [-0.39, 0.29) is 12.7 Å². The second-order valence-corrected chi connectivity index (χ2v) is 6.36. The quantitative estimate of drug-likeness (QED) is 0.904. The van der Waals surface area contributed by atoms with E-state index in [0.717, 1.165) is 30.5 Å². The van der Waals surface area contributed by atoms with Gasteiger partial charge in [0.15, 0.2) is 11.5 Å². The summed E-state index contributed by atoms with van der Waals surface area (Å²) in [7, 11) is 1.95. The first-order valence-electron chi connectivity index (χ1n) is 7.22. The highest BCUT2D eigenvalue weighted by molar-refractivity contribution is 9.10. The molecule has 0 radical (unpaired) electrons. The summed E-state index contributed by atoms with van der Waals surface area (Å²) in [5, 5.41) is 3.20. The predicted octanol–water partition coefficient (Wildman–Crippen LogP) is 2.25. The normalized spacial score (nSPS) is 20.7. The molecule has 0 unspecified atom stereocenters. The zero-order chi connectivity index (χ0) is 14.8. The minimum absolute atomic E-state index is 0.0646. The SMILES string of the molecule is CNC[C@@H]1CCCN(C(=O)c2cc(Br)c3c(c2)OCO3)C1. The van der Waals surface area contributed by atoms with Crippen LogP contribution in [-0.4, -0.2) is 44.3 Å². The largest absolute Gasteiger partial charge is 0.454 e. The number of nitrogens with one attached hydrogen (secondary N) is 1. The molecule has 2 heterocycles. The average Bonchev–Trinajstić information content (AvgIpc) is 2.96. The van der Waals surface area contributed by atoms with Crippen LogP contribution in [0, 0.1) is 5.92 Å². The standard InChI is InChI=1S/C15H19BrN2O3/c1-17-7-10-3-2-4-18(8-10)15(19)11-5-12(16)14-13(6-11)20-9-21-14/h5-6,10,17H,2-4,7-9H2,1H3/t10-/m0/s1. The second-order valence-electron chi connectivity index (χ2n) is 5.51. The van der Waals surface area contributed by atoms with Gasteiger partial charge < -0.3 is 19.7 Å². The zero-order valence-electron chi connectivity index (χ0n) is 12.0. The number of carbonyl (C=O) groups is 1. The molecule has 114 valence electrons. The molecule has 0 bridgehead atoms. The Kier molecular flexibility index (Phi) is 4.35. The molecule has 0 saturated carbocycles. The van der Waals surface area contributed by atoms with Gasteiger partial charge in [0.2, 0.25) is 6.79 Å². The summed E-state index contributed by atoms with van der Waals surface area (Å²) in [6.07, 6.45) is 2.24. The maximum Gasteiger partial charge on any atom is 0.254 e. The maximum absolute atomic E-state index is 12.7. The van der Waals surface area contributed by atoms with E-state index in [1.54, 1.807) is 6.07 Å². The Balaban J connectivity index is 1.77. The summed E-state index contributed by atoms with van der Waals surface area (Å²) in [6.45, 7) is 2.80. The van der Waals surface area contributed by atoms with Gasteiger partial charge in [-0.25, -0.2) is 0 Å². The van der Waals surface area contributed by atoms with Crippen molar-refractivity contribution in [2.45, 2.75) is 12.8 Å². The number of ether oxygens (including phenoxy) is 2.